The SMILES string of the molecule is COCCN(CCOC)c1ncc(-c2cc(C)no2)c(-c2ccoc2C)n1. The highest BCUT2D eigenvalue weighted by atomic mass is 16.5. The molecule has 0 N–H and O–H groups in total. The van der Waals surface area contributed by atoms with Crippen molar-refractivity contribution < 1.29 is 18.4 Å². The molecule has 0 aliphatic rings. The van der Waals surface area contributed by atoms with Gasteiger partial charge in [0.15, 0.2) is 5.76 Å². The van der Waals surface area contributed by atoms with E-state index in [4.69, 9.17) is 23.4 Å². The van der Waals surface area contributed by atoms with Gasteiger partial charge >= 0.3 is 0 Å². The maximum absolute atomic E-state index is 5.48. The Hall–Kier alpha value is -2.71. The van der Waals surface area contributed by atoms with Gasteiger partial charge in [-0.3, -0.25) is 0 Å². The van der Waals surface area contributed by atoms with Gasteiger partial charge < -0.3 is 23.3 Å². The predicted octanol–water partition coefficient (Wildman–Crippen LogP) is 3.11. The van der Waals surface area contributed by atoms with Gasteiger partial charge in [-0.2, -0.15) is 0 Å². The van der Waals surface area contributed by atoms with Gasteiger partial charge in [-0.25, -0.2) is 9.97 Å². The van der Waals surface area contributed by atoms with E-state index in [2.05, 4.69) is 10.1 Å². The van der Waals surface area contributed by atoms with Crippen molar-refractivity contribution in [3.05, 3.63) is 36.0 Å². The summed E-state index contributed by atoms with van der Waals surface area (Å²) in [5.41, 5.74) is 3.19. The highest BCUT2D eigenvalue weighted by Gasteiger charge is 2.20. The van der Waals surface area contributed by atoms with Crippen molar-refractivity contribution in [3.63, 3.8) is 0 Å². The van der Waals surface area contributed by atoms with Gasteiger partial charge in [-0.15, -0.1) is 0 Å². The molecule has 8 heteroatoms. The molecular weight excluding hydrogens is 348 g/mol. The third kappa shape index (κ3) is 4.35. The van der Waals surface area contributed by atoms with Crippen LogP contribution in [-0.4, -0.2) is 55.6 Å². The lowest BCUT2D eigenvalue weighted by Gasteiger charge is -2.22. The lowest BCUT2D eigenvalue weighted by atomic mass is 10.1. The number of hydrogen-bond acceptors (Lipinski definition) is 8. The van der Waals surface area contributed by atoms with Crippen LogP contribution in [0.3, 0.4) is 0 Å². The zero-order chi connectivity index (χ0) is 19.2. The summed E-state index contributed by atoms with van der Waals surface area (Å²) >= 11 is 0. The van der Waals surface area contributed by atoms with Gasteiger partial charge in [-0.1, -0.05) is 5.16 Å². The van der Waals surface area contributed by atoms with E-state index in [-0.39, 0.29) is 0 Å². The zero-order valence-corrected chi connectivity index (χ0v) is 16.1. The van der Waals surface area contributed by atoms with Gasteiger partial charge in [0.05, 0.1) is 36.4 Å². The molecule has 3 aromatic heterocycles. The lowest BCUT2D eigenvalue weighted by Crippen LogP contribution is -2.32. The minimum Gasteiger partial charge on any atom is -0.469 e. The van der Waals surface area contributed by atoms with E-state index in [0.717, 1.165) is 28.3 Å². The summed E-state index contributed by atoms with van der Waals surface area (Å²) in [7, 11) is 3.34. The number of ether oxygens (including phenoxy) is 2. The fourth-order valence-electron chi connectivity index (χ4n) is 2.75. The van der Waals surface area contributed by atoms with Crippen LogP contribution in [0.25, 0.3) is 22.6 Å². The number of methoxy groups -OCH3 is 2. The van der Waals surface area contributed by atoms with Gasteiger partial charge in [0.2, 0.25) is 5.95 Å². The Morgan fingerprint density at radius 1 is 1.07 bits per heavy atom. The van der Waals surface area contributed by atoms with Crippen LogP contribution in [0.15, 0.2) is 33.5 Å². The van der Waals surface area contributed by atoms with Gasteiger partial charge in [-0.05, 0) is 19.9 Å². The number of anilines is 1. The summed E-state index contributed by atoms with van der Waals surface area (Å²) in [6.07, 6.45) is 3.41. The number of aryl methyl sites for hydroxylation is 2. The molecule has 0 atom stereocenters. The van der Waals surface area contributed by atoms with Gasteiger partial charge in [0.25, 0.3) is 0 Å². The van der Waals surface area contributed by atoms with Gasteiger partial charge in [0, 0.05) is 45.1 Å². The number of furan rings is 1. The fourth-order valence-corrected chi connectivity index (χ4v) is 2.75. The van der Waals surface area contributed by atoms with E-state index in [9.17, 15) is 0 Å². The summed E-state index contributed by atoms with van der Waals surface area (Å²) in [6, 6.07) is 3.76. The zero-order valence-electron chi connectivity index (χ0n) is 16.1. The monoisotopic (exact) mass is 372 g/mol. The van der Waals surface area contributed by atoms with Crippen molar-refractivity contribution in [1.82, 2.24) is 15.1 Å². The highest BCUT2D eigenvalue weighted by molar-refractivity contribution is 5.79. The molecule has 27 heavy (non-hydrogen) atoms. The number of hydrogen-bond donors (Lipinski definition) is 0. The van der Waals surface area contributed by atoms with Crippen LogP contribution in [0.1, 0.15) is 11.5 Å². The lowest BCUT2D eigenvalue weighted by molar-refractivity contribution is 0.189. The van der Waals surface area contributed by atoms with E-state index in [0.29, 0.717) is 38.0 Å². The summed E-state index contributed by atoms with van der Waals surface area (Å²) in [5, 5.41) is 3.98. The molecule has 0 fully saturated rings. The first-order valence-electron chi connectivity index (χ1n) is 8.72. The summed E-state index contributed by atoms with van der Waals surface area (Å²) < 4.78 is 21.4. The molecule has 0 spiro atoms. The predicted molar refractivity (Wildman–Crippen MR) is 101 cm³/mol. The van der Waals surface area contributed by atoms with Crippen molar-refractivity contribution in [2.24, 2.45) is 0 Å². The molecule has 0 saturated heterocycles. The molecule has 0 bridgehead atoms. The first-order valence-corrected chi connectivity index (χ1v) is 8.72. The molecule has 8 nitrogen and oxygen atoms in total. The third-order valence-electron chi connectivity index (χ3n) is 4.20. The summed E-state index contributed by atoms with van der Waals surface area (Å²) in [4.78, 5) is 11.4. The van der Waals surface area contributed by atoms with Gasteiger partial charge in [0.1, 0.15) is 5.76 Å². The third-order valence-corrected chi connectivity index (χ3v) is 4.20. The van der Waals surface area contributed by atoms with Crippen molar-refractivity contribution in [1.29, 1.82) is 0 Å². The molecule has 0 aliphatic heterocycles. The second-order valence-electron chi connectivity index (χ2n) is 6.13. The average Bonchev–Trinajstić information content (AvgIpc) is 3.29. The van der Waals surface area contributed by atoms with Crippen LogP contribution in [0, 0.1) is 13.8 Å². The quantitative estimate of drug-likeness (QED) is 0.566. The van der Waals surface area contributed by atoms with E-state index >= 15 is 0 Å². The number of nitrogens with zero attached hydrogens (tertiary/aromatic N) is 4. The highest BCUT2D eigenvalue weighted by Crippen LogP contribution is 2.34. The second kappa shape index (κ2) is 8.79. The maximum atomic E-state index is 5.48. The molecule has 3 aromatic rings. The van der Waals surface area contributed by atoms with Crippen LogP contribution < -0.4 is 4.90 Å². The Morgan fingerprint density at radius 3 is 2.37 bits per heavy atom. The van der Waals surface area contributed by atoms with Crippen LogP contribution in [-0.2, 0) is 9.47 Å². The Labute approximate surface area is 158 Å². The number of aromatic nitrogens is 3. The molecule has 0 aromatic carbocycles. The normalized spacial score (nSPS) is 11.1. The minimum atomic E-state index is 0.566. The summed E-state index contributed by atoms with van der Waals surface area (Å²) in [6.45, 7) is 6.23. The molecule has 0 aliphatic carbocycles. The Kier molecular flexibility index (Phi) is 6.20. The van der Waals surface area contributed by atoms with Crippen LogP contribution in [0.2, 0.25) is 0 Å². The van der Waals surface area contributed by atoms with E-state index in [1.807, 2.05) is 30.9 Å². The van der Waals surface area contributed by atoms with E-state index in [1.165, 1.54) is 0 Å². The van der Waals surface area contributed by atoms with Crippen molar-refractivity contribution in [3.8, 4) is 22.6 Å². The smallest absolute Gasteiger partial charge is 0.226 e. The molecule has 0 unspecified atom stereocenters. The molecule has 0 saturated carbocycles. The number of rotatable bonds is 9. The first-order chi connectivity index (χ1) is 13.1. The van der Waals surface area contributed by atoms with Crippen molar-refractivity contribution in [2.45, 2.75) is 13.8 Å². The molecule has 144 valence electrons. The maximum Gasteiger partial charge on any atom is 0.226 e. The molecular formula is C19H24N4O4. The van der Waals surface area contributed by atoms with E-state index in [1.54, 1.807) is 26.7 Å². The van der Waals surface area contributed by atoms with E-state index < -0.39 is 0 Å². The molecule has 3 rings (SSSR count). The van der Waals surface area contributed by atoms with Crippen molar-refractivity contribution >= 4 is 5.95 Å². The Bertz CT molecular complexity index is 866. The summed E-state index contributed by atoms with van der Waals surface area (Å²) in [5.74, 6) is 1.99. The molecule has 0 amide bonds. The largest absolute Gasteiger partial charge is 0.469 e. The standard InChI is InChI=1S/C19H24N4O4/c1-13-11-17(27-22-13)16-12-20-19(23(6-9-24-3)7-10-25-4)21-18(16)15-5-8-26-14(15)2/h5,8,11-12H,6-7,9-10H2,1-4H3. The Balaban J connectivity index is 2.05. The fraction of sp³-hybridized carbons (Fsp3) is 0.421. The minimum absolute atomic E-state index is 0.566. The molecule has 0 radical (unpaired) electrons. The topological polar surface area (TPSA) is 86.7 Å². The van der Waals surface area contributed by atoms with Crippen LogP contribution in [0.5, 0.6) is 0 Å². The second-order valence-corrected chi connectivity index (χ2v) is 6.13. The van der Waals surface area contributed by atoms with Crippen LogP contribution >= 0.6 is 0 Å². The Morgan fingerprint density at radius 2 is 1.81 bits per heavy atom. The first kappa shape index (κ1) is 19.1. The average molecular weight is 372 g/mol. The molecule has 3 heterocycles. The van der Waals surface area contributed by atoms with Crippen LogP contribution in [0.4, 0.5) is 5.95 Å². The van der Waals surface area contributed by atoms with Crippen molar-refractivity contribution in [2.75, 3.05) is 45.4 Å².